The summed E-state index contributed by atoms with van der Waals surface area (Å²) in [5.74, 6) is -4.87. The summed E-state index contributed by atoms with van der Waals surface area (Å²) in [5, 5.41) is 17.6. The Morgan fingerprint density at radius 3 is 2.02 bits per heavy atom. The average molecular weight is 657 g/mol. The molecule has 1 heterocycles. The normalized spacial score (nSPS) is 13.0. The van der Waals surface area contributed by atoms with Crippen LogP contribution in [0.15, 0.2) is 30.5 Å². The van der Waals surface area contributed by atoms with Crippen LogP contribution in [-0.4, -0.2) is 81.7 Å². The monoisotopic (exact) mass is 656 g/mol. The van der Waals surface area contributed by atoms with E-state index in [1.807, 2.05) is 24.3 Å². The van der Waals surface area contributed by atoms with Crippen LogP contribution in [0, 0.1) is 0 Å². The lowest BCUT2D eigenvalue weighted by molar-refractivity contribution is -0.142. The first-order valence-electron chi connectivity index (χ1n) is 16.6. The molecule has 7 N–H and O–H groups in total. The highest BCUT2D eigenvalue weighted by atomic mass is 16.4. The van der Waals surface area contributed by atoms with Gasteiger partial charge in [0, 0.05) is 43.0 Å². The number of H-pyrrole nitrogens is 1. The minimum Gasteiger partial charge on any atom is -0.481 e. The number of aromatic nitrogens is 1. The van der Waals surface area contributed by atoms with Gasteiger partial charge in [-0.1, -0.05) is 70.1 Å². The van der Waals surface area contributed by atoms with E-state index in [9.17, 15) is 33.9 Å². The summed E-state index contributed by atoms with van der Waals surface area (Å²) in [5.41, 5.74) is 7.03. The van der Waals surface area contributed by atoms with Crippen LogP contribution in [0.4, 0.5) is 0 Å². The Kier molecular flexibility index (Phi) is 16.5. The zero-order chi connectivity index (χ0) is 34.9. The van der Waals surface area contributed by atoms with Crippen molar-refractivity contribution in [1.82, 2.24) is 25.8 Å². The van der Waals surface area contributed by atoms with Gasteiger partial charge in [0.05, 0.1) is 12.8 Å². The molecule has 47 heavy (non-hydrogen) atoms. The second-order valence-corrected chi connectivity index (χ2v) is 12.4. The maximum absolute atomic E-state index is 13.9. The Morgan fingerprint density at radius 1 is 0.830 bits per heavy atom. The Hall–Kier alpha value is -4.42. The number of para-hydroxylation sites is 1. The number of benzene rings is 1. The molecule has 1 aromatic carbocycles. The highest BCUT2D eigenvalue weighted by Crippen LogP contribution is 2.21. The van der Waals surface area contributed by atoms with E-state index in [1.54, 1.807) is 20.0 Å². The number of hydrogen-bond acceptors (Lipinski definition) is 6. The van der Waals surface area contributed by atoms with E-state index in [4.69, 9.17) is 5.73 Å². The van der Waals surface area contributed by atoms with Gasteiger partial charge in [0.1, 0.15) is 18.1 Å². The summed E-state index contributed by atoms with van der Waals surface area (Å²) in [4.78, 5) is 81.1. The Labute approximate surface area is 276 Å². The summed E-state index contributed by atoms with van der Waals surface area (Å²) in [6.45, 7) is 5.52. The molecular weight excluding hydrogens is 604 g/mol. The first-order valence-corrected chi connectivity index (χ1v) is 16.6. The van der Waals surface area contributed by atoms with Gasteiger partial charge in [-0.25, -0.2) is 0 Å². The summed E-state index contributed by atoms with van der Waals surface area (Å²) in [6, 6.07) is 3.14. The Bertz CT molecular complexity index is 1360. The number of carbonyl (C=O) groups is 6. The molecule has 13 heteroatoms. The van der Waals surface area contributed by atoms with Crippen LogP contribution in [-0.2, 0) is 35.2 Å². The van der Waals surface area contributed by atoms with E-state index >= 15 is 0 Å². The molecule has 260 valence electrons. The fraction of sp³-hybridized carbons (Fsp3) is 0.588. The van der Waals surface area contributed by atoms with E-state index in [0.29, 0.717) is 6.42 Å². The molecule has 0 spiro atoms. The van der Waals surface area contributed by atoms with Crippen LogP contribution in [0.1, 0.15) is 97.0 Å². The predicted molar refractivity (Wildman–Crippen MR) is 179 cm³/mol. The van der Waals surface area contributed by atoms with Crippen molar-refractivity contribution in [2.45, 2.75) is 122 Å². The van der Waals surface area contributed by atoms with Gasteiger partial charge in [0.2, 0.25) is 29.5 Å². The first kappa shape index (κ1) is 38.8. The number of carboxylic acids is 1. The van der Waals surface area contributed by atoms with Gasteiger partial charge in [-0.15, -0.1) is 0 Å². The molecule has 0 saturated carbocycles. The quantitative estimate of drug-likeness (QED) is 0.105. The van der Waals surface area contributed by atoms with E-state index < -0.39 is 60.6 Å². The molecule has 0 aliphatic heterocycles. The second-order valence-electron chi connectivity index (χ2n) is 12.4. The highest BCUT2D eigenvalue weighted by Gasteiger charge is 2.34. The first-order chi connectivity index (χ1) is 22.3. The number of hydrogen-bond donors (Lipinski definition) is 6. The van der Waals surface area contributed by atoms with Crippen LogP contribution in [0.5, 0.6) is 0 Å². The lowest BCUT2D eigenvalue weighted by Crippen LogP contribution is -2.58. The van der Waals surface area contributed by atoms with E-state index in [2.05, 4.69) is 27.9 Å². The van der Waals surface area contributed by atoms with Crippen molar-refractivity contribution in [2.24, 2.45) is 5.73 Å². The molecule has 0 saturated heterocycles. The number of amides is 5. The number of unbranched alkanes of at least 4 members (excludes halogenated alkanes) is 7. The van der Waals surface area contributed by atoms with Crippen LogP contribution < -0.4 is 21.7 Å². The van der Waals surface area contributed by atoms with Crippen molar-refractivity contribution in [3.63, 3.8) is 0 Å². The van der Waals surface area contributed by atoms with Crippen molar-refractivity contribution in [3.8, 4) is 0 Å². The van der Waals surface area contributed by atoms with Gasteiger partial charge in [0.15, 0.2) is 0 Å². The van der Waals surface area contributed by atoms with Crippen LogP contribution >= 0.6 is 0 Å². The minimum atomic E-state index is -1.52. The topological polar surface area (TPSA) is 204 Å². The van der Waals surface area contributed by atoms with Gasteiger partial charge < -0.3 is 36.7 Å². The van der Waals surface area contributed by atoms with E-state index in [0.717, 1.165) is 35.7 Å². The summed E-state index contributed by atoms with van der Waals surface area (Å²) >= 11 is 0. The van der Waals surface area contributed by atoms with E-state index in [-0.39, 0.29) is 24.8 Å². The van der Waals surface area contributed by atoms with Crippen LogP contribution in [0.2, 0.25) is 0 Å². The fourth-order valence-electron chi connectivity index (χ4n) is 5.39. The molecule has 3 unspecified atom stereocenters. The third-order valence-corrected chi connectivity index (χ3v) is 7.98. The van der Waals surface area contributed by atoms with Crippen molar-refractivity contribution < 1.29 is 33.9 Å². The Morgan fingerprint density at radius 2 is 1.40 bits per heavy atom. The van der Waals surface area contributed by atoms with Gasteiger partial charge in [0.25, 0.3) is 0 Å². The summed E-state index contributed by atoms with van der Waals surface area (Å²) < 4.78 is 0. The smallest absolute Gasteiger partial charge is 0.305 e. The van der Waals surface area contributed by atoms with Crippen molar-refractivity contribution in [3.05, 3.63) is 36.0 Å². The predicted octanol–water partition coefficient (Wildman–Crippen LogP) is 2.91. The van der Waals surface area contributed by atoms with Gasteiger partial charge in [-0.3, -0.25) is 28.8 Å². The molecule has 0 aliphatic carbocycles. The third kappa shape index (κ3) is 13.5. The maximum Gasteiger partial charge on any atom is 0.305 e. The molecule has 3 atom stereocenters. The molecular formula is C34H52N6O7. The number of carboxylic acid groups (broad SMARTS) is 1. The number of rotatable bonds is 22. The van der Waals surface area contributed by atoms with Crippen molar-refractivity contribution in [1.29, 1.82) is 0 Å². The van der Waals surface area contributed by atoms with Crippen molar-refractivity contribution >= 4 is 46.4 Å². The molecule has 5 amide bonds. The summed E-state index contributed by atoms with van der Waals surface area (Å²) in [6.07, 6.45) is 9.30. The maximum atomic E-state index is 13.9. The number of carbonyl (C=O) groups excluding carboxylic acids is 5. The Balaban J connectivity index is 2.25. The number of primary amides is 1. The minimum absolute atomic E-state index is 0.110. The SMILES string of the molecule is CCCCCCCCCCC(=O)N(C)C(Cc1c[nH]c2ccccc12)C(=O)NC(CC(N)=O)C(=O)NC(CC(=O)O)C(=O)NC(C)C. The van der Waals surface area contributed by atoms with Crippen LogP contribution in [0.3, 0.4) is 0 Å². The molecule has 0 bridgehead atoms. The number of nitrogens with zero attached hydrogens (tertiary/aromatic N) is 1. The number of fused-ring (bicyclic) bond motifs is 1. The average Bonchev–Trinajstić information content (AvgIpc) is 3.41. The number of aromatic amines is 1. The number of aliphatic carboxylic acids is 1. The zero-order valence-electron chi connectivity index (χ0n) is 28.1. The molecule has 0 fully saturated rings. The number of nitrogens with two attached hydrogens (primary N) is 1. The molecule has 2 aromatic rings. The highest BCUT2D eigenvalue weighted by molar-refractivity contribution is 5.97. The number of nitrogens with one attached hydrogen (secondary N) is 4. The fourth-order valence-corrected chi connectivity index (χ4v) is 5.39. The number of likely N-dealkylation sites (N-methyl/N-ethyl adjacent to an activating group) is 1. The van der Waals surface area contributed by atoms with Gasteiger partial charge in [-0.05, 0) is 31.9 Å². The lowest BCUT2D eigenvalue weighted by Gasteiger charge is -2.29. The molecule has 2 rings (SSSR count). The standard InChI is InChI=1S/C34H52N6O7/c1-5-6-7-8-9-10-11-12-17-30(42)40(4)28(18-23-21-36-25-16-14-13-15-24(23)25)34(47)39-26(19-29(35)41)33(46)38-27(20-31(43)44)32(45)37-22(2)3/h13-16,21-22,26-28,36H,5-12,17-20H2,1-4H3,(H2,35,41)(H,37,45)(H,38,46)(H,39,47)(H,43,44). The third-order valence-electron chi connectivity index (χ3n) is 7.98. The van der Waals surface area contributed by atoms with Crippen molar-refractivity contribution in [2.75, 3.05) is 7.05 Å². The zero-order valence-corrected chi connectivity index (χ0v) is 28.1. The molecule has 0 radical (unpaired) electrons. The summed E-state index contributed by atoms with van der Waals surface area (Å²) in [7, 11) is 1.54. The second kappa shape index (κ2) is 20.0. The largest absolute Gasteiger partial charge is 0.481 e. The van der Waals surface area contributed by atoms with Gasteiger partial charge in [-0.2, -0.15) is 0 Å². The van der Waals surface area contributed by atoms with Gasteiger partial charge >= 0.3 is 5.97 Å². The lowest BCUT2D eigenvalue weighted by atomic mass is 10.0. The molecule has 0 aliphatic rings. The molecule has 1 aromatic heterocycles. The molecule has 13 nitrogen and oxygen atoms in total. The van der Waals surface area contributed by atoms with Crippen LogP contribution in [0.25, 0.3) is 10.9 Å². The van der Waals surface area contributed by atoms with E-state index in [1.165, 1.54) is 37.6 Å².